The molecule has 0 heterocycles. The summed E-state index contributed by atoms with van der Waals surface area (Å²) in [5, 5.41) is 12.2. The van der Waals surface area contributed by atoms with E-state index in [2.05, 4.69) is 10.3 Å². The van der Waals surface area contributed by atoms with Crippen LogP contribution in [0.1, 0.15) is 5.56 Å². The van der Waals surface area contributed by atoms with Crippen molar-refractivity contribution in [2.45, 2.75) is 6.54 Å². The molecule has 0 aliphatic carbocycles. The first kappa shape index (κ1) is 13.7. The van der Waals surface area contributed by atoms with E-state index in [1.165, 1.54) is 11.8 Å². The van der Waals surface area contributed by atoms with Crippen molar-refractivity contribution in [3.05, 3.63) is 28.8 Å². The molecule has 0 fully saturated rings. The normalized spacial score (nSPS) is 10.8. The Balaban J connectivity index is 2.91. The zero-order chi connectivity index (χ0) is 12.7. The largest absolute Gasteiger partial charge is 0.496 e. The second kappa shape index (κ2) is 7.05. The third-order valence-electron chi connectivity index (χ3n) is 2.03. The topological polar surface area (TPSA) is 57.4 Å². The number of ether oxygens (including phenoxy) is 1. The van der Waals surface area contributed by atoms with Crippen molar-refractivity contribution in [1.29, 1.82) is 5.26 Å². The van der Waals surface area contributed by atoms with Gasteiger partial charge < -0.3 is 4.74 Å². The number of nitrogens with zero attached hydrogens (tertiary/aromatic N) is 2. The second-order valence-electron chi connectivity index (χ2n) is 2.98. The zero-order valence-corrected chi connectivity index (χ0v) is 11.1. The number of thioether (sulfide) groups is 1. The minimum Gasteiger partial charge on any atom is -0.496 e. The van der Waals surface area contributed by atoms with E-state index >= 15 is 0 Å². The molecular formula is C11H12ClN3OS. The monoisotopic (exact) mass is 269 g/mol. The molecule has 0 saturated heterocycles. The number of halogens is 1. The van der Waals surface area contributed by atoms with Crippen LogP contribution in [0.5, 0.6) is 5.75 Å². The second-order valence-corrected chi connectivity index (χ2v) is 4.19. The Morgan fingerprint density at radius 2 is 2.41 bits per heavy atom. The predicted molar refractivity (Wildman–Crippen MR) is 71.4 cm³/mol. The quantitative estimate of drug-likeness (QED) is 0.397. The van der Waals surface area contributed by atoms with E-state index in [0.717, 1.165) is 5.56 Å². The van der Waals surface area contributed by atoms with Crippen molar-refractivity contribution < 1.29 is 4.74 Å². The van der Waals surface area contributed by atoms with Gasteiger partial charge in [0, 0.05) is 10.6 Å². The molecule has 0 saturated carbocycles. The number of methoxy groups -OCH3 is 1. The Morgan fingerprint density at radius 3 is 3.00 bits per heavy atom. The van der Waals surface area contributed by atoms with Crippen molar-refractivity contribution in [2.24, 2.45) is 4.99 Å². The maximum Gasteiger partial charge on any atom is 0.183 e. The van der Waals surface area contributed by atoms with Crippen LogP contribution in [-0.4, -0.2) is 18.5 Å². The van der Waals surface area contributed by atoms with Crippen molar-refractivity contribution in [3.63, 3.8) is 0 Å². The molecule has 17 heavy (non-hydrogen) atoms. The van der Waals surface area contributed by atoms with Gasteiger partial charge in [0.25, 0.3) is 0 Å². The fraction of sp³-hybridized carbons (Fsp3) is 0.273. The summed E-state index contributed by atoms with van der Waals surface area (Å²) in [5.41, 5.74) is 0.808. The Hall–Kier alpha value is -1.38. The summed E-state index contributed by atoms with van der Waals surface area (Å²) < 4.78 is 5.21. The molecule has 0 bridgehead atoms. The summed E-state index contributed by atoms with van der Waals surface area (Å²) >= 11 is 7.44. The molecule has 0 unspecified atom stereocenters. The van der Waals surface area contributed by atoms with Gasteiger partial charge in [-0.25, -0.2) is 0 Å². The van der Waals surface area contributed by atoms with E-state index in [1.54, 1.807) is 13.2 Å². The highest BCUT2D eigenvalue weighted by atomic mass is 35.5. The summed E-state index contributed by atoms with van der Waals surface area (Å²) in [4.78, 5) is 4.25. The Labute approximate surface area is 110 Å². The molecule has 0 aliphatic heterocycles. The van der Waals surface area contributed by atoms with Crippen molar-refractivity contribution in [1.82, 2.24) is 5.32 Å². The van der Waals surface area contributed by atoms with E-state index in [-0.39, 0.29) is 0 Å². The first-order valence-corrected chi connectivity index (χ1v) is 6.38. The number of aliphatic imine (C=N–C) groups is 1. The van der Waals surface area contributed by atoms with Gasteiger partial charge in [-0.05, 0) is 18.4 Å². The molecule has 4 nitrogen and oxygen atoms in total. The van der Waals surface area contributed by atoms with Crippen molar-refractivity contribution in [2.75, 3.05) is 13.4 Å². The highest BCUT2D eigenvalue weighted by Crippen LogP contribution is 2.26. The van der Waals surface area contributed by atoms with Crippen molar-refractivity contribution in [3.8, 4) is 11.9 Å². The van der Waals surface area contributed by atoms with Gasteiger partial charge in [0.2, 0.25) is 0 Å². The van der Waals surface area contributed by atoms with Crippen LogP contribution in [0.4, 0.5) is 0 Å². The number of nitriles is 1. The first-order chi connectivity index (χ1) is 8.22. The van der Waals surface area contributed by atoms with Gasteiger partial charge in [0.1, 0.15) is 5.75 Å². The first-order valence-electron chi connectivity index (χ1n) is 4.77. The SMILES string of the molecule is COc1cccc(Cl)c1CN=C(NC#N)SC. The highest BCUT2D eigenvalue weighted by molar-refractivity contribution is 8.13. The fourth-order valence-electron chi connectivity index (χ4n) is 1.24. The molecule has 90 valence electrons. The molecule has 0 amide bonds. The molecular weight excluding hydrogens is 258 g/mol. The molecule has 0 spiro atoms. The number of benzene rings is 1. The summed E-state index contributed by atoms with van der Waals surface area (Å²) in [5.74, 6) is 0.693. The van der Waals surface area contributed by atoms with E-state index < -0.39 is 0 Å². The van der Waals surface area contributed by atoms with Gasteiger partial charge in [0.15, 0.2) is 11.4 Å². The molecule has 1 aromatic carbocycles. The van der Waals surface area contributed by atoms with Crippen molar-refractivity contribution >= 4 is 28.5 Å². The number of amidine groups is 1. The Bertz CT molecular complexity index is 457. The lowest BCUT2D eigenvalue weighted by Crippen LogP contribution is -2.13. The minimum absolute atomic E-state index is 0.369. The highest BCUT2D eigenvalue weighted by Gasteiger charge is 2.07. The molecule has 1 aromatic rings. The summed E-state index contributed by atoms with van der Waals surface area (Å²) in [6, 6.07) is 5.43. The van der Waals surface area contributed by atoms with E-state index in [4.69, 9.17) is 21.6 Å². The van der Waals surface area contributed by atoms with Gasteiger partial charge in [-0.15, -0.1) is 0 Å². The third kappa shape index (κ3) is 3.84. The number of hydrogen-bond acceptors (Lipinski definition) is 4. The Morgan fingerprint density at radius 1 is 1.65 bits per heavy atom. The zero-order valence-electron chi connectivity index (χ0n) is 9.53. The maximum absolute atomic E-state index is 8.51. The molecule has 0 aliphatic rings. The molecule has 0 atom stereocenters. The standard InChI is InChI=1S/C11H12ClN3OS/c1-16-10-5-3-4-9(12)8(10)6-14-11(17-2)15-7-13/h3-5H,6H2,1-2H3,(H,14,15). The third-order valence-corrected chi connectivity index (χ3v) is 3.00. The average molecular weight is 270 g/mol. The van der Waals surface area contributed by atoms with Crippen LogP contribution in [0.15, 0.2) is 23.2 Å². The molecule has 6 heteroatoms. The van der Waals surface area contributed by atoms with E-state index in [0.29, 0.717) is 22.5 Å². The molecule has 1 N–H and O–H groups in total. The van der Waals surface area contributed by atoms with E-state index in [9.17, 15) is 0 Å². The van der Waals surface area contributed by atoms with Crippen LogP contribution >= 0.6 is 23.4 Å². The van der Waals surface area contributed by atoms with Crippen LogP contribution < -0.4 is 10.1 Å². The predicted octanol–water partition coefficient (Wildman–Crippen LogP) is 2.64. The van der Waals surface area contributed by atoms with E-state index in [1.807, 2.05) is 24.6 Å². The smallest absolute Gasteiger partial charge is 0.183 e. The van der Waals surface area contributed by atoms with Gasteiger partial charge in [-0.3, -0.25) is 10.3 Å². The van der Waals surface area contributed by atoms with Crippen LogP contribution in [0, 0.1) is 11.5 Å². The van der Waals surface area contributed by atoms with Gasteiger partial charge in [0.05, 0.1) is 13.7 Å². The molecule has 0 aromatic heterocycles. The van der Waals surface area contributed by atoms with Crippen LogP contribution in [0.3, 0.4) is 0 Å². The molecule has 0 radical (unpaired) electrons. The summed E-state index contributed by atoms with van der Waals surface area (Å²) in [6.07, 6.45) is 3.67. The number of rotatable bonds is 3. The van der Waals surface area contributed by atoms with Crippen LogP contribution in [0.2, 0.25) is 5.02 Å². The lowest BCUT2D eigenvalue weighted by atomic mass is 10.2. The van der Waals surface area contributed by atoms with Crippen LogP contribution in [-0.2, 0) is 6.54 Å². The summed E-state index contributed by atoms with van der Waals surface area (Å²) in [6.45, 7) is 0.369. The van der Waals surface area contributed by atoms with Crippen LogP contribution in [0.25, 0.3) is 0 Å². The number of hydrogen-bond donors (Lipinski definition) is 1. The summed E-state index contributed by atoms with van der Waals surface area (Å²) in [7, 11) is 1.59. The fourth-order valence-corrected chi connectivity index (χ4v) is 1.80. The van der Waals surface area contributed by atoms with Gasteiger partial charge in [-0.1, -0.05) is 29.4 Å². The number of nitrogens with one attached hydrogen (secondary N) is 1. The molecule has 1 rings (SSSR count). The van der Waals surface area contributed by atoms with Gasteiger partial charge in [-0.2, -0.15) is 5.26 Å². The average Bonchev–Trinajstić information content (AvgIpc) is 2.35. The Kier molecular flexibility index (Phi) is 5.67. The lowest BCUT2D eigenvalue weighted by molar-refractivity contribution is 0.410. The lowest BCUT2D eigenvalue weighted by Gasteiger charge is -2.08. The van der Waals surface area contributed by atoms with Gasteiger partial charge >= 0.3 is 0 Å². The minimum atomic E-state index is 0.369. The maximum atomic E-state index is 8.51.